The third-order valence-electron chi connectivity index (χ3n) is 3.09. The normalized spacial score (nSPS) is 10.4. The summed E-state index contributed by atoms with van der Waals surface area (Å²) in [7, 11) is 1.87. The fraction of sp³-hybridized carbons (Fsp3) is 0.143. The molecule has 0 atom stereocenters. The predicted octanol–water partition coefficient (Wildman–Crippen LogP) is 2.88. The molecule has 0 unspecified atom stereocenters. The summed E-state index contributed by atoms with van der Waals surface area (Å²) in [5, 5.41) is 7.31. The van der Waals surface area contributed by atoms with Crippen molar-refractivity contribution < 1.29 is 4.79 Å². The van der Waals surface area contributed by atoms with Crippen molar-refractivity contribution in [3.8, 4) is 0 Å². The molecule has 98 valence electrons. The number of benzene rings is 1. The van der Waals surface area contributed by atoms with E-state index in [1.807, 2.05) is 36.7 Å². The highest BCUT2D eigenvalue weighted by molar-refractivity contribution is 7.99. The molecule has 0 aliphatic heterocycles. The first kappa shape index (κ1) is 13.4. The second kappa shape index (κ2) is 5.32. The number of hydrogen-bond donors (Lipinski definition) is 2. The Labute approximate surface area is 116 Å². The molecule has 2 rings (SSSR count). The molecule has 0 saturated carbocycles. The fourth-order valence-corrected chi connectivity index (χ4v) is 2.82. The molecule has 0 bridgehead atoms. The predicted molar refractivity (Wildman–Crippen MR) is 78.4 cm³/mol. The minimum Gasteiger partial charge on any atom is -0.398 e. The number of nitrogens with two attached hydrogens (primary N) is 1. The molecule has 0 aliphatic rings. The summed E-state index contributed by atoms with van der Waals surface area (Å²) >= 11 is 1.56. The van der Waals surface area contributed by atoms with E-state index in [1.54, 1.807) is 17.8 Å². The number of nitrogens with one attached hydrogen (secondary N) is 1. The summed E-state index contributed by atoms with van der Waals surface area (Å²) in [5.41, 5.74) is 8.76. The Morgan fingerprint density at radius 2 is 2.11 bits per heavy atom. The van der Waals surface area contributed by atoms with Crippen LogP contribution >= 0.6 is 11.8 Å². The Morgan fingerprint density at radius 1 is 1.37 bits per heavy atom. The van der Waals surface area contributed by atoms with Crippen LogP contribution in [0.4, 0.5) is 5.69 Å². The first-order chi connectivity index (χ1) is 9.06. The maximum Gasteiger partial charge on any atom is 0.166 e. The summed E-state index contributed by atoms with van der Waals surface area (Å²) in [6.07, 6.45) is 2.09. The summed E-state index contributed by atoms with van der Waals surface area (Å²) in [6, 6.07) is 7.45. The number of hydrogen-bond acceptors (Lipinski definition) is 4. The maximum absolute atomic E-state index is 10.9. The molecule has 0 radical (unpaired) electrons. The first-order valence-electron chi connectivity index (χ1n) is 5.76. The van der Waals surface area contributed by atoms with E-state index in [-0.39, 0.29) is 0 Å². The molecule has 0 spiro atoms. The number of carbonyl (C=O) groups is 1. The third-order valence-corrected chi connectivity index (χ3v) is 4.21. The summed E-state index contributed by atoms with van der Waals surface area (Å²) in [4.78, 5) is 12.9. The van der Waals surface area contributed by atoms with E-state index >= 15 is 0 Å². The number of anilines is 1. The zero-order valence-electron chi connectivity index (χ0n) is 10.8. The van der Waals surface area contributed by atoms with Gasteiger partial charge in [-0.3, -0.25) is 4.79 Å². The lowest BCUT2D eigenvalue weighted by Gasteiger charge is -2.05. The van der Waals surface area contributed by atoms with E-state index in [4.69, 9.17) is 11.1 Å². The monoisotopic (exact) mass is 273 g/mol. The van der Waals surface area contributed by atoms with Gasteiger partial charge in [0.15, 0.2) is 6.29 Å². The molecule has 1 heterocycles. The molecule has 1 aromatic heterocycles. The molecule has 1 aromatic carbocycles. The molecule has 0 amide bonds. The molecule has 0 saturated heterocycles. The van der Waals surface area contributed by atoms with Crippen LogP contribution in [0.15, 0.2) is 34.1 Å². The van der Waals surface area contributed by atoms with E-state index in [9.17, 15) is 4.79 Å². The van der Waals surface area contributed by atoms with Gasteiger partial charge in [-0.2, -0.15) is 0 Å². The fourth-order valence-electron chi connectivity index (χ4n) is 1.78. The maximum atomic E-state index is 10.9. The van der Waals surface area contributed by atoms with Crippen molar-refractivity contribution in [2.45, 2.75) is 16.7 Å². The van der Waals surface area contributed by atoms with Crippen LogP contribution in [-0.4, -0.2) is 17.1 Å². The number of aromatic nitrogens is 1. The van der Waals surface area contributed by atoms with Gasteiger partial charge in [-0.05, 0) is 31.2 Å². The van der Waals surface area contributed by atoms with Crippen LogP contribution < -0.4 is 5.73 Å². The van der Waals surface area contributed by atoms with E-state index in [2.05, 4.69) is 0 Å². The Bertz CT molecular complexity index is 646. The minimum atomic E-state index is 0.595. The summed E-state index contributed by atoms with van der Waals surface area (Å²) in [5.74, 6) is 0. The van der Waals surface area contributed by atoms with E-state index in [0.29, 0.717) is 16.9 Å². The van der Waals surface area contributed by atoms with Crippen LogP contribution in [0.5, 0.6) is 0 Å². The number of carbonyl (C=O) groups excluding carboxylic acids is 1. The van der Waals surface area contributed by atoms with Crippen LogP contribution in [0.3, 0.4) is 0 Å². The largest absolute Gasteiger partial charge is 0.398 e. The first-order valence-corrected chi connectivity index (χ1v) is 6.57. The zero-order valence-corrected chi connectivity index (χ0v) is 11.6. The lowest BCUT2D eigenvalue weighted by molar-refractivity contribution is 0.111. The van der Waals surface area contributed by atoms with Crippen LogP contribution in [0.1, 0.15) is 21.7 Å². The SMILES string of the molecule is Cc1c(Sc2ccc(N)c(C=N)c2)cc(C=O)n1C. The number of aldehydes is 1. The smallest absolute Gasteiger partial charge is 0.166 e. The molecule has 2 aromatic rings. The average molecular weight is 273 g/mol. The van der Waals surface area contributed by atoms with Crippen molar-refractivity contribution in [3.05, 3.63) is 41.2 Å². The van der Waals surface area contributed by atoms with Gasteiger partial charge in [0.1, 0.15) is 0 Å². The van der Waals surface area contributed by atoms with Crippen molar-refractivity contribution in [2.24, 2.45) is 7.05 Å². The van der Waals surface area contributed by atoms with E-state index < -0.39 is 0 Å². The third kappa shape index (κ3) is 2.56. The van der Waals surface area contributed by atoms with Crippen molar-refractivity contribution in [3.63, 3.8) is 0 Å². The van der Waals surface area contributed by atoms with Gasteiger partial charge in [-0.25, -0.2) is 0 Å². The van der Waals surface area contributed by atoms with Crippen molar-refractivity contribution in [2.75, 3.05) is 5.73 Å². The van der Waals surface area contributed by atoms with E-state index in [0.717, 1.165) is 21.8 Å². The standard InChI is InChI=1S/C14H15N3OS/c1-9-14(6-11(8-18)17(9)2)19-12-3-4-13(16)10(5-12)7-15/h3-8,15H,16H2,1-2H3. The zero-order chi connectivity index (χ0) is 14.0. The van der Waals surface area contributed by atoms with Gasteiger partial charge < -0.3 is 15.7 Å². The van der Waals surface area contributed by atoms with Crippen LogP contribution in [-0.2, 0) is 7.05 Å². The average Bonchev–Trinajstić information content (AvgIpc) is 2.68. The molecule has 19 heavy (non-hydrogen) atoms. The highest BCUT2D eigenvalue weighted by atomic mass is 32.2. The van der Waals surface area contributed by atoms with Gasteiger partial charge in [0.05, 0.1) is 5.69 Å². The van der Waals surface area contributed by atoms with Gasteiger partial charge in [-0.1, -0.05) is 11.8 Å². The summed E-state index contributed by atoms with van der Waals surface area (Å²) < 4.78 is 1.87. The topological polar surface area (TPSA) is 71.9 Å². The van der Waals surface area contributed by atoms with Gasteiger partial charge >= 0.3 is 0 Å². The van der Waals surface area contributed by atoms with Crippen molar-refractivity contribution in [1.29, 1.82) is 5.41 Å². The molecule has 5 heteroatoms. The van der Waals surface area contributed by atoms with E-state index in [1.165, 1.54) is 6.21 Å². The molecule has 0 fully saturated rings. The van der Waals surface area contributed by atoms with Crippen molar-refractivity contribution in [1.82, 2.24) is 4.57 Å². The van der Waals surface area contributed by atoms with Gasteiger partial charge in [-0.15, -0.1) is 0 Å². The minimum absolute atomic E-state index is 0.595. The highest BCUT2D eigenvalue weighted by Crippen LogP contribution is 2.33. The van der Waals surface area contributed by atoms with Crippen LogP contribution in [0.25, 0.3) is 0 Å². The van der Waals surface area contributed by atoms with Crippen LogP contribution in [0.2, 0.25) is 0 Å². The van der Waals surface area contributed by atoms with Gasteiger partial charge in [0, 0.05) is 40.0 Å². The lowest BCUT2D eigenvalue weighted by atomic mass is 10.2. The molecule has 0 aliphatic carbocycles. The highest BCUT2D eigenvalue weighted by Gasteiger charge is 2.10. The van der Waals surface area contributed by atoms with Crippen molar-refractivity contribution >= 4 is 30.0 Å². The molecule has 4 nitrogen and oxygen atoms in total. The van der Waals surface area contributed by atoms with Crippen LogP contribution in [0, 0.1) is 12.3 Å². The quantitative estimate of drug-likeness (QED) is 0.511. The molecule has 3 N–H and O–H groups in total. The lowest BCUT2D eigenvalue weighted by Crippen LogP contribution is -1.95. The Hall–Kier alpha value is -2.01. The second-order valence-electron chi connectivity index (χ2n) is 4.23. The Balaban J connectivity index is 2.36. The number of nitrogens with zero attached hydrogens (tertiary/aromatic N) is 1. The van der Waals surface area contributed by atoms with Gasteiger partial charge in [0.2, 0.25) is 0 Å². The molecular formula is C14H15N3OS. The Morgan fingerprint density at radius 3 is 2.68 bits per heavy atom. The Kier molecular flexibility index (Phi) is 3.76. The molecular weight excluding hydrogens is 258 g/mol. The van der Waals surface area contributed by atoms with Gasteiger partial charge in [0.25, 0.3) is 0 Å². The second-order valence-corrected chi connectivity index (χ2v) is 5.35. The summed E-state index contributed by atoms with van der Waals surface area (Å²) in [6.45, 7) is 1.98. The number of rotatable bonds is 4. The number of nitrogen functional groups attached to an aromatic ring is 1.